The van der Waals surface area contributed by atoms with Gasteiger partial charge in [-0.25, -0.2) is 0 Å². The van der Waals surface area contributed by atoms with Gasteiger partial charge in [-0.15, -0.1) is 0 Å². The summed E-state index contributed by atoms with van der Waals surface area (Å²) >= 11 is 9.14. The van der Waals surface area contributed by atoms with Crippen molar-refractivity contribution in [2.24, 2.45) is 23.2 Å². The van der Waals surface area contributed by atoms with Crippen LogP contribution >= 0.6 is 34.2 Å². The molecule has 4 aliphatic rings. The van der Waals surface area contributed by atoms with E-state index < -0.39 is 5.60 Å². The van der Waals surface area contributed by atoms with E-state index in [4.69, 9.17) is 16.3 Å². The van der Waals surface area contributed by atoms with Gasteiger partial charge in [0.25, 0.3) is 0 Å². The Kier molecular flexibility index (Phi) is 2.66. The molecule has 2 bridgehead atoms. The summed E-state index contributed by atoms with van der Waals surface area (Å²) in [6.07, 6.45) is 8.02. The number of alkyl halides is 1. The summed E-state index contributed by atoms with van der Waals surface area (Å²) in [5.74, 6) is 0.933. The third-order valence-electron chi connectivity index (χ3n) is 5.91. The fourth-order valence-corrected chi connectivity index (χ4v) is 6.62. The topological polar surface area (TPSA) is 26.3 Å². The predicted octanol–water partition coefficient (Wildman–Crippen LogP) is 4.05. The maximum atomic E-state index is 12.3. The summed E-state index contributed by atoms with van der Waals surface area (Å²) in [6, 6.07) is 0. The van der Waals surface area contributed by atoms with Gasteiger partial charge in [0.1, 0.15) is 5.60 Å². The van der Waals surface area contributed by atoms with Gasteiger partial charge in [-0.05, 0) is 43.9 Å². The molecule has 0 aromatic heterocycles. The monoisotopic (exact) mass is 392 g/mol. The van der Waals surface area contributed by atoms with E-state index in [0.717, 1.165) is 17.9 Å². The molecule has 1 spiro atoms. The van der Waals surface area contributed by atoms with Gasteiger partial charge in [0.05, 0.1) is 11.0 Å². The van der Waals surface area contributed by atoms with Crippen LogP contribution < -0.4 is 0 Å². The number of allylic oxidation sites excluding steroid dienone is 1. The van der Waals surface area contributed by atoms with Crippen molar-refractivity contribution in [2.75, 3.05) is 0 Å². The Bertz CT molecular complexity index is 485. The van der Waals surface area contributed by atoms with Crippen LogP contribution in [0.3, 0.4) is 0 Å². The number of ether oxygens (including phenoxy) is 1. The molecule has 104 valence electrons. The molecule has 19 heavy (non-hydrogen) atoms. The molecule has 0 aromatic rings. The van der Waals surface area contributed by atoms with E-state index in [9.17, 15) is 4.79 Å². The van der Waals surface area contributed by atoms with Gasteiger partial charge in [0.2, 0.25) is 0 Å². The zero-order valence-electron chi connectivity index (χ0n) is 11.0. The van der Waals surface area contributed by atoms with Gasteiger partial charge in [-0.1, -0.05) is 46.7 Å². The summed E-state index contributed by atoms with van der Waals surface area (Å²) in [7, 11) is 0. The number of rotatable bonds is 0. The van der Waals surface area contributed by atoms with E-state index in [0.29, 0.717) is 21.2 Å². The van der Waals surface area contributed by atoms with E-state index in [1.165, 1.54) is 19.3 Å². The first-order valence-electron chi connectivity index (χ1n) is 7.24. The second kappa shape index (κ2) is 3.90. The van der Waals surface area contributed by atoms with Crippen LogP contribution in [0.4, 0.5) is 0 Å². The maximum Gasteiger partial charge on any atom is 0.310 e. The highest BCUT2D eigenvalue weighted by molar-refractivity contribution is 14.1. The van der Waals surface area contributed by atoms with Gasteiger partial charge in [0.15, 0.2) is 0 Å². The lowest BCUT2D eigenvalue weighted by Crippen LogP contribution is -2.49. The Hall–Kier alpha value is 0.230. The molecule has 1 heterocycles. The average molecular weight is 393 g/mol. The van der Waals surface area contributed by atoms with Crippen LogP contribution in [0.1, 0.15) is 39.0 Å². The van der Waals surface area contributed by atoms with Crippen LogP contribution in [0.25, 0.3) is 0 Å². The largest absolute Gasteiger partial charge is 0.453 e. The molecule has 3 fully saturated rings. The molecule has 1 aliphatic heterocycles. The highest BCUT2D eigenvalue weighted by Crippen LogP contribution is 2.71. The third-order valence-corrected chi connectivity index (χ3v) is 7.81. The fourth-order valence-electron chi connectivity index (χ4n) is 4.96. The summed E-state index contributed by atoms with van der Waals surface area (Å²) in [6.45, 7) is 2.04. The predicted molar refractivity (Wildman–Crippen MR) is 82.2 cm³/mol. The van der Waals surface area contributed by atoms with E-state index in [2.05, 4.69) is 28.7 Å². The molecular formula is C15H18ClIO2. The Labute approximate surface area is 132 Å². The number of halogens is 2. The minimum absolute atomic E-state index is 0.00196. The molecule has 2 saturated carbocycles. The average Bonchev–Trinajstić information content (AvgIpc) is 3.07. The summed E-state index contributed by atoms with van der Waals surface area (Å²) in [5, 5.41) is 0.777. The first-order valence-corrected chi connectivity index (χ1v) is 8.86. The van der Waals surface area contributed by atoms with Crippen molar-refractivity contribution in [2.45, 2.75) is 48.6 Å². The summed E-state index contributed by atoms with van der Waals surface area (Å²) < 4.78 is 6.42. The molecule has 0 unspecified atom stereocenters. The lowest BCUT2D eigenvalue weighted by atomic mass is 9.59. The third kappa shape index (κ3) is 1.52. The Morgan fingerprint density at radius 2 is 2.16 bits per heavy atom. The van der Waals surface area contributed by atoms with Crippen LogP contribution in [0, 0.1) is 23.2 Å². The van der Waals surface area contributed by atoms with E-state index >= 15 is 0 Å². The quantitative estimate of drug-likeness (QED) is 0.353. The SMILES string of the molecule is C[C@]12OC(=O)[C@@H]3CCC[C@H](I)[C@H](C=C1Cl)C1(CC1)[C@@H]32. The van der Waals surface area contributed by atoms with Crippen molar-refractivity contribution in [1.82, 2.24) is 0 Å². The van der Waals surface area contributed by atoms with E-state index in [1.807, 2.05) is 6.92 Å². The summed E-state index contributed by atoms with van der Waals surface area (Å²) in [5.41, 5.74) is -0.236. The molecule has 0 amide bonds. The maximum absolute atomic E-state index is 12.3. The molecule has 1 saturated heterocycles. The molecular weight excluding hydrogens is 375 g/mol. The van der Waals surface area contributed by atoms with E-state index in [-0.39, 0.29) is 11.9 Å². The summed E-state index contributed by atoms with van der Waals surface area (Å²) in [4.78, 5) is 12.3. The molecule has 4 rings (SSSR count). The van der Waals surface area contributed by atoms with Gasteiger partial charge in [-0.2, -0.15) is 0 Å². The fraction of sp³-hybridized carbons (Fsp3) is 0.800. The second-order valence-electron chi connectivity index (χ2n) is 6.83. The van der Waals surface area contributed by atoms with Crippen molar-refractivity contribution in [1.29, 1.82) is 0 Å². The molecule has 2 nitrogen and oxygen atoms in total. The molecule has 0 aromatic carbocycles. The molecule has 5 atom stereocenters. The molecule has 4 heteroatoms. The first-order chi connectivity index (χ1) is 8.99. The van der Waals surface area contributed by atoms with Gasteiger partial charge >= 0.3 is 5.97 Å². The Morgan fingerprint density at radius 1 is 1.42 bits per heavy atom. The molecule has 0 N–H and O–H groups in total. The number of hydrogen-bond donors (Lipinski definition) is 0. The Balaban J connectivity index is 1.91. The van der Waals surface area contributed by atoms with Crippen molar-refractivity contribution >= 4 is 40.2 Å². The molecule has 0 radical (unpaired) electrons. The molecule has 3 aliphatic carbocycles. The van der Waals surface area contributed by atoms with Crippen LogP contribution in [0.15, 0.2) is 11.1 Å². The number of carbonyl (C=O) groups is 1. The zero-order valence-corrected chi connectivity index (χ0v) is 13.9. The van der Waals surface area contributed by atoms with Crippen LogP contribution in [-0.4, -0.2) is 15.5 Å². The standard InChI is InChI=1S/C15H18ClIO2/c1-14-11(16)7-9-10(17)4-2-3-8(13(18)19-14)12(14)15(9)5-6-15/h7-10,12H,2-6H2,1H3/t8-,9+,10+,12+,14+/m1/s1. The number of hydrogen-bond acceptors (Lipinski definition) is 2. The van der Waals surface area contributed by atoms with E-state index in [1.54, 1.807) is 0 Å². The Morgan fingerprint density at radius 3 is 2.84 bits per heavy atom. The van der Waals surface area contributed by atoms with Crippen molar-refractivity contribution in [3.63, 3.8) is 0 Å². The van der Waals surface area contributed by atoms with Gasteiger partial charge in [0, 0.05) is 9.84 Å². The van der Waals surface area contributed by atoms with Crippen LogP contribution in [0.5, 0.6) is 0 Å². The first kappa shape index (κ1) is 12.9. The highest BCUT2D eigenvalue weighted by atomic mass is 127. The van der Waals surface area contributed by atoms with Crippen molar-refractivity contribution < 1.29 is 9.53 Å². The normalized spacial score (nSPS) is 50.3. The van der Waals surface area contributed by atoms with Gasteiger partial charge in [-0.3, -0.25) is 4.79 Å². The van der Waals surface area contributed by atoms with Crippen LogP contribution in [-0.2, 0) is 9.53 Å². The van der Waals surface area contributed by atoms with Crippen LogP contribution in [0.2, 0.25) is 0 Å². The highest BCUT2D eigenvalue weighted by Gasteiger charge is 2.71. The minimum atomic E-state index is -0.538. The number of carbonyl (C=O) groups excluding carboxylic acids is 1. The lowest BCUT2D eigenvalue weighted by Gasteiger charge is -2.47. The lowest BCUT2D eigenvalue weighted by molar-refractivity contribution is -0.147. The number of esters is 1. The van der Waals surface area contributed by atoms with Crippen molar-refractivity contribution in [3.8, 4) is 0 Å². The van der Waals surface area contributed by atoms with Gasteiger partial charge < -0.3 is 4.74 Å². The van der Waals surface area contributed by atoms with Crippen molar-refractivity contribution in [3.05, 3.63) is 11.1 Å². The zero-order chi connectivity index (χ0) is 13.4. The smallest absolute Gasteiger partial charge is 0.310 e. The minimum Gasteiger partial charge on any atom is -0.453 e. The second-order valence-corrected chi connectivity index (χ2v) is 8.84.